The molecule has 1 fully saturated rings. The number of nitrogens with zero attached hydrogens (tertiary/aromatic N) is 1. The van der Waals surface area contributed by atoms with Gasteiger partial charge in [-0.15, -0.1) is 6.42 Å². The Kier molecular flexibility index (Phi) is 7.50. The van der Waals surface area contributed by atoms with Crippen LogP contribution in [0.3, 0.4) is 0 Å². The van der Waals surface area contributed by atoms with Gasteiger partial charge in [0.25, 0.3) is 5.91 Å². The number of hydrogen-bond donors (Lipinski definition) is 2. The number of rotatable bonds is 8. The monoisotopic (exact) mass is 443 g/mol. The first-order valence-electron chi connectivity index (χ1n) is 11.4. The third-order valence-corrected chi connectivity index (χ3v) is 6.34. The number of likely N-dealkylation sites (tertiary alicyclic amines) is 1. The predicted octanol–water partition coefficient (Wildman–Crippen LogP) is 4.97. The van der Waals surface area contributed by atoms with Crippen LogP contribution in [0.1, 0.15) is 64.9 Å². The Balaban J connectivity index is 1.73. The molecule has 1 aliphatic rings. The highest BCUT2D eigenvalue weighted by Gasteiger charge is 2.33. The minimum absolute atomic E-state index is 0.0103. The van der Waals surface area contributed by atoms with Gasteiger partial charge in [0.05, 0.1) is 12.7 Å². The van der Waals surface area contributed by atoms with Gasteiger partial charge in [0, 0.05) is 47.5 Å². The number of nitrogens with one attached hydrogen (secondary N) is 2. The molecule has 1 heterocycles. The first-order chi connectivity index (χ1) is 15.6. The summed E-state index contributed by atoms with van der Waals surface area (Å²) in [6.07, 6.45) is 5.47. The van der Waals surface area contributed by atoms with Gasteiger partial charge in [0.15, 0.2) is 0 Å². The van der Waals surface area contributed by atoms with E-state index >= 15 is 0 Å². The Hall–Kier alpha value is -3.23. The number of ether oxygens (including phenoxy) is 1. The van der Waals surface area contributed by atoms with Gasteiger partial charge < -0.3 is 20.5 Å². The van der Waals surface area contributed by atoms with E-state index in [9.17, 15) is 4.79 Å². The molecule has 1 atom stereocenters. The van der Waals surface area contributed by atoms with E-state index in [0.29, 0.717) is 41.6 Å². The SMILES string of the molecule is C#Cc1ccc(C2CN(C(=O)c3cc(C(=N)C(C)C(=N)COC(C)C)c(C)cc3C)C2)cc1. The van der Waals surface area contributed by atoms with Crippen LogP contribution < -0.4 is 0 Å². The molecule has 0 aliphatic carbocycles. The highest BCUT2D eigenvalue weighted by molar-refractivity contribution is 6.14. The van der Waals surface area contributed by atoms with Gasteiger partial charge in [-0.05, 0) is 68.1 Å². The van der Waals surface area contributed by atoms with Gasteiger partial charge in [-0.2, -0.15) is 0 Å². The molecule has 5 nitrogen and oxygen atoms in total. The lowest BCUT2D eigenvalue weighted by Gasteiger charge is -2.40. The van der Waals surface area contributed by atoms with Crippen LogP contribution in [-0.4, -0.2) is 48.0 Å². The summed E-state index contributed by atoms with van der Waals surface area (Å²) in [6, 6.07) is 11.8. The zero-order valence-corrected chi connectivity index (χ0v) is 20.2. The van der Waals surface area contributed by atoms with Gasteiger partial charge in [-0.3, -0.25) is 4.79 Å². The lowest BCUT2D eigenvalue weighted by molar-refractivity contribution is 0.0601. The molecule has 0 aromatic heterocycles. The quantitative estimate of drug-likeness (QED) is 0.446. The average Bonchev–Trinajstić information content (AvgIpc) is 2.75. The minimum Gasteiger partial charge on any atom is -0.373 e. The van der Waals surface area contributed by atoms with Crippen molar-refractivity contribution in [2.45, 2.75) is 46.6 Å². The van der Waals surface area contributed by atoms with Crippen LogP contribution in [0.25, 0.3) is 0 Å². The van der Waals surface area contributed by atoms with Gasteiger partial charge in [-0.1, -0.05) is 31.0 Å². The molecule has 2 aromatic rings. The number of amides is 1. The number of carbonyl (C=O) groups excluding carboxylic acids is 1. The maximum Gasteiger partial charge on any atom is 0.254 e. The van der Waals surface area contributed by atoms with E-state index in [1.807, 2.05) is 75.9 Å². The van der Waals surface area contributed by atoms with Crippen molar-refractivity contribution in [1.82, 2.24) is 4.90 Å². The van der Waals surface area contributed by atoms with Crippen molar-refractivity contribution in [3.8, 4) is 12.3 Å². The van der Waals surface area contributed by atoms with Crippen LogP contribution >= 0.6 is 0 Å². The van der Waals surface area contributed by atoms with Crippen LogP contribution in [0.15, 0.2) is 36.4 Å². The van der Waals surface area contributed by atoms with Crippen molar-refractivity contribution < 1.29 is 9.53 Å². The molecular formula is C28H33N3O2. The smallest absolute Gasteiger partial charge is 0.254 e. The number of aryl methyl sites for hydroxylation is 2. The molecule has 0 saturated carbocycles. The third kappa shape index (κ3) is 5.40. The summed E-state index contributed by atoms with van der Waals surface area (Å²) in [5.41, 5.74) is 5.94. The Morgan fingerprint density at radius 1 is 1.09 bits per heavy atom. The standard InChI is InChI=1S/C28H33N3O2/c1-7-21-8-10-22(11-9-21)23-14-31(15-23)28(32)25-13-24(18(4)12-19(25)5)27(30)20(6)26(29)16-33-17(2)3/h1,8-13,17,20,23,29-30H,14-16H2,2-6H3. The second-order valence-corrected chi connectivity index (χ2v) is 9.18. The molecule has 0 spiro atoms. The zero-order chi connectivity index (χ0) is 24.3. The lowest BCUT2D eigenvalue weighted by atomic mass is 9.87. The molecule has 2 aromatic carbocycles. The third-order valence-electron chi connectivity index (χ3n) is 6.34. The molecule has 33 heavy (non-hydrogen) atoms. The highest BCUT2D eigenvalue weighted by atomic mass is 16.5. The Labute approximate surface area is 197 Å². The summed E-state index contributed by atoms with van der Waals surface area (Å²) in [5.74, 6) is 2.55. The maximum atomic E-state index is 13.3. The topological polar surface area (TPSA) is 77.2 Å². The number of carbonyl (C=O) groups is 1. The molecule has 1 aliphatic heterocycles. The molecule has 3 rings (SSSR count). The molecule has 1 saturated heterocycles. The van der Waals surface area contributed by atoms with E-state index in [1.54, 1.807) is 0 Å². The summed E-state index contributed by atoms with van der Waals surface area (Å²) in [5, 5.41) is 17.0. The second kappa shape index (κ2) is 10.1. The summed E-state index contributed by atoms with van der Waals surface area (Å²) in [6.45, 7) is 11.1. The first-order valence-corrected chi connectivity index (χ1v) is 11.4. The fourth-order valence-corrected chi connectivity index (χ4v) is 4.04. The van der Waals surface area contributed by atoms with Crippen molar-refractivity contribution in [1.29, 1.82) is 10.8 Å². The Bertz CT molecular complexity index is 1100. The van der Waals surface area contributed by atoms with Gasteiger partial charge in [0.1, 0.15) is 0 Å². The van der Waals surface area contributed by atoms with E-state index in [4.69, 9.17) is 22.0 Å². The normalized spacial score (nSPS) is 14.5. The molecular weight excluding hydrogens is 410 g/mol. The van der Waals surface area contributed by atoms with Gasteiger partial charge in [0.2, 0.25) is 0 Å². The fraction of sp³-hybridized carbons (Fsp3) is 0.393. The molecule has 1 amide bonds. The molecule has 0 radical (unpaired) electrons. The highest BCUT2D eigenvalue weighted by Crippen LogP contribution is 2.30. The van der Waals surface area contributed by atoms with E-state index in [-0.39, 0.29) is 24.5 Å². The average molecular weight is 444 g/mol. The van der Waals surface area contributed by atoms with Crippen LogP contribution in [0.5, 0.6) is 0 Å². The van der Waals surface area contributed by atoms with Crippen LogP contribution in [-0.2, 0) is 4.74 Å². The summed E-state index contributed by atoms with van der Waals surface area (Å²) >= 11 is 0. The number of benzene rings is 2. The maximum absolute atomic E-state index is 13.3. The summed E-state index contributed by atoms with van der Waals surface area (Å²) in [4.78, 5) is 15.1. The van der Waals surface area contributed by atoms with Crippen LogP contribution in [0.4, 0.5) is 0 Å². The first kappa shape index (κ1) is 24.4. The lowest BCUT2D eigenvalue weighted by Crippen LogP contribution is -2.48. The van der Waals surface area contributed by atoms with Crippen LogP contribution in [0.2, 0.25) is 0 Å². The number of hydrogen-bond acceptors (Lipinski definition) is 4. The van der Waals surface area contributed by atoms with Crippen molar-refractivity contribution >= 4 is 17.3 Å². The predicted molar refractivity (Wildman–Crippen MR) is 134 cm³/mol. The van der Waals surface area contributed by atoms with Crippen molar-refractivity contribution in [2.75, 3.05) is 19.7 Å². The molecule has 5 heteroatoms. The van der Waals surface area contributed by atoms with Crippen molar-refractivity contribution in [3.05, 3.63) is 69.8 Å². The van der Waals surface area contributed by atoms with Crippen molar-refractivity contribution in [2.24, 2.45) is 5.92 Å². The van der Waals surface area contributed by atoms with E-state index in [1.165, 1.54) is 5.56 Å². The fourth-order valence-electron chi connectivity index (χ4n) is 4.04. The van der Waals surface area contributed by atoms with E-state index in [0.717, 1.165) is 16.7 Å². The van der Waals surface area contributed by atoms with E-state index in [2.05, 4.69) is 5.92 Å². The molecule has 0 bridgehead atoms. The van der Waals surface area contributed by atoms with Gasteiger partial charge in [-0.25, -0.2) is 0 Å². The summed E-state index contributed by atoms with van der Waals surface area (Å²) in [7, 11) is 0. The molecule has 172 valence electrons. The number of terminal acetylenes is 1. The Morgan fingerprint density at radius 2 is 1.70 bits per heavy atom. The minimum atomic E-state index is -0.382. The van der Waals surface area contributed by atoms with Crippen LogP contribution in [0, 0.1) is 42.9 Å². The molecule has 2 N–H and O–H groups in total. The molecule has 1 unspecified atom stereocenters. The van der Waals surface area contributed by atoms with E-state index < -0.39 is 0 Å². The second-order valence-electron chi connectivity index (χ2n) is 9.18. The van der Waals surface area contributed by atoms with Gasteiger partial charge >= 0.3 is 0 Å². The Morgan fingerprint density at radius 3 is 2.27 bits per heavy atom. The summed E-state index contributed by atoms with van der Waals surface area (Å²) < 4.78 is 5.54. The van der Waals surface area contributed by atoms with Crippen molar-refractivity contribution in [3.63, 3.8) is 0 Å². The zero-order valence-electron chi connectivity index (χ0n) is 20.2. The largest absolute Gasteiger partial charge is 0.373 e.